The van der Waals surface area contributed by atoms with Gasteiger partial charge < -0.3 is 4.57 Å². The lowest BCUT2D eigenvalue weighted by atomic mass is 10.0. The third-order valence-corrected chi connectivity index (χ3v) is 4.06. The van der Waals surface area contributed by atoms with Crippen LogP contribution in [0.3, 0.4) is 0 Å². The Morgan fingerprint density at radius 3 is 2.09 bits per heavy atom. The number of hydrogen-bond acceptors (Lipinski definition) is 0. The Bertz CT molecular complexity index is 767. The summed E-state index contributed by atoms with van der Waals surface area (Å²) in [4.78, 5) is 0. The predicted molar refractivity (Wildman–Crippen MR) is 90.3 cm³/mol. The van der Waals surface area contributed by atoms with E-state index in [1.807, 2.05) is 30.3 Å². The van der Waals surface area contributed by atoms with Crippen LogP contribution in [0.2, 0.25) is 0 Å². The van der Waals surface area contributed by atoms with E-state index >= 15 is 0 Å². The van der Waals surface area contributed by atoms with Crippen LogP contribution in [0, 0.1) is 5.82 Å². The van der Waals surface area contributed by atoms with Crippen LogP contribution >= 0.6 is 0 Å². The van der Waals surface area contributed by atoms with Gasteiger partial charge in [0.05, 0.1) is 5.69 Å². The number of halogens is 1. The van der Waals surface area contributed by atoms with E-state index in [4.69, 9.17) is 0 Å². The molecule has 22 heavy (non-hydrogen) atoms. The Labute approximate surface area is 131 Å². The van der Waals surface area contributed by atoms with Crippen molar-refractivity contribution in [3.63, 3.8) is 0 Å². The van der Waals surface area contributed by atoms with Crippen LogP contribution in [-0.2, 0) is 7.05 Å². The van der Waals surface area contributed by atoms with E-state index in [0.29, 0.717) is 5.92 Å². The van der Waals surface area contributed by atoms with Crippen LogP contribution in [0.4, 0.5) is 4.39 Å². The molecule has 0 atom stereocenters. The molecule has 0 aliphatic heterocycles. The SMILES string of the molecule is CC(C)c1cc(-c2ccccc2)c(-c2ccc(F)cc2)n1C. The second kappa shape index (κ2) is 5.80. The van der Waals surface area contributed by atoms with Crippen molar-refractivity contribution in [3.05, 3.63) is 72.2 Å². The maximum absolute atomic E-state index is 13.3. The summed E-state index contributed by atoms with van der Waals surface area (Å²) in [7, 11) is 2.08. The second-order valence-corrected chi connectivity index (χ2v) is 5.92. The Morgan fingerprint density at radius 1 is 0.864 bits per heavy atom. The normalized spacial score (nSPS) is 11.1. The van der Waals surface area contributed by atoms with Gasteiger partial charge in [0.15, 0.2) is 0 Å². The Hall–Kier alpha value is -2.35. The molecule has 0 spiro atoms. The minimum Gasteiger partial charge on any atom is -0.347 e. The minimum atomic E-state index is -0.205. The molecule has 0 saturated heterocycles. The van der Waals surface area contributed by atoms with Crippen molar-refractivity contribution >= 4 is 0 Å². The van der Waals surface area contributed by atoms with Gasteiger partial charge >= 0.3 is 0 Å². The first-order chi connectivity index (χ1) is 10.6. The Kier molecular flexibility index (Phi) is 3.84. The van der Waals surface area contributed by atoms with Gasteiger partial charge in [0.2, 0.25) is 0 Å². The molecule has 0 aliphatic carbocycles. The zero-order valence-electron chi connectivity index (χ0n) is 13.2. The van der Waals surface area contributed by atoms with E-state index in [1.165, 1.54) is 29.0 Å². The maximum Gasteiger partial charge on any atom is 0.123 e. The van der Waals surface area contributed by atoms with Gasteiger partial charge in [-0.3, -0.25) is 0 Å². The second-order valence-electron chi connectivity index (χ2n) is 5.92. The van der Waals surface area contributed by atoms with Crippen molar-refractivity contribution < 1.29 is 4.39 Å². The van der Waals surface area contributed by atoms with Crippen LogP contribution in [0.1, 0.15) is 25.5 Å². The highest BCUT2D eigenvalue weighted by Gasteiger charge is 2.17. The Morgan fingerprint density at radius 2 is 1.50 bits per heavy atom. The molecule has 2 aromatic carbocycles. The zero-order chi connectivity index (χ0) is 15.7. The minimum absolute atomic E-state index is 0.205. The predicted octanol–water partition coefficient (Wildman–Crippen LogP) is 5.62. The van der Waals surface area contributed by atoms with Gasteiger partial charge in [-0.25, -0.2) is 4.39 Å². The van der Waals surface area contributed by atoms with Crippen LogP contribution in [-0.4, -0.2) is 4.57 Å². The third kappa shape index (κ3) is 2.57. The fourth-order valence-electron chi connectivity index (χ4n) is 2.97. The number of nitrogens with zero attached hydrogens (tertiary/aromatic N) is 1. The molecule has 0 N–H and O–H groups in total. The fourth-order valence-corrected chi connectivity index (χ4v) is 2.97. The molecule has 0 unspecified atom stereocenters. The summed E-state index contributed by atoms with van der Waals surface area (Å²) in [5.41, 5.74) is 5.82. The molecule has 0 radical (unpaired) electrons. The number of aromatic nitrogens is 1. The molecule has 1 aromatic heterocycles. The highest BCUT2D eigenvalue weighted by atomic mass is 19.1. The fraction of sp³-hybridized carbons (Fsp3) is 0.200. The first kappa shape index (κ1) is 14.6. The van der Waals surface area contributed by atoms with E-state index in [2.05, 4.69) is 43.7 Å². The van der Waals surface area contributed by atoms with Crippen molar-refractivity contribution in [2.45, 2.75) is 19.8 Å². The number of rotatable bonds is 3. The van der Waals surface area contributed by atoms with Crippen LogP contribution < -0.4 is 0 Å². The van der Waals surface area contributed by atoms with Gasteiger partial charge in [0, 0.05) is 18.3 Å². The molecule has 0 amide bonds. The van der Waals surface area contributed by atoms with Gasteiger partial charge in [0.25, 0.3) is 0 Å². The molecule has 1 nitrogen and oxygen atoms in total. The topological polar surface area (TPSA) is 4.93 Å². The smallest absolute Gasteiger partial charge is 0.123 e. The largest absolute Gasteiger partial charge is 0.347 e. The van der Waals surface area contributed by atoms with E-state index in [-0.39, 0.29) is 5.82 Å². The molecule has 0 saturated carbocycles. The van der Waals surface area contributed by atoms with Crippen molar-refractivity contribution in [1.82, 2.24) is 4.57 Å². The first-order valence-electron chi connectivity index (χ1n) is 7.59. The maximum atomic E-state index is 13.3. The average molecular weight is 293 g/mol. The van der Waals surface area contributed by atoms with E-state index in [0.717, 1.165) is 11.3 Å². The summed E-state index contributed by atoms with van der Waals surface area (Å²) >= 11 is 0. The molecule has 3 rings (SSSR count). The van der Waals surface area contributed by atoms with Gasteiger partial charge in [0.1, 0.15) is 5.82 Å². The molecule has 112 valence electrons. The van der Waals surface area contributed by atoms with Crippen molar-refractivity contribution in [2.75, 3.05) is 0 Å². The molecule has 0 fully saturated rings. The summed E-state index contributed by atoms with van der Waals surface area (Å²) in [5, 5.41) is 0. The Balaban J connectivity index is 2.25. The highest BCUT2D eigenvalue weighted by molar-refractivity contribution is 5.82. The summed E-state index contributed by atoms with van der Waals surface area (Å²) in [6, 6.07) is 19.3. The van der Waals surface area contributed by atoms with E-state index in [9.17, 15) is 4.39 Å². The lowest BCUT2D eigenvalue weighted by Gasteiger charge is -2.11. The number of benzene rings is 2. The van der Waals surface area contributed by atoms with E-state index < -0.39 is 0 Å². The summed E-state index contributed by atoms with van der Waals surface area (Å²) in [5.74, 6) is 0.227. The van der Waals surface area contributed by atoms with Crippen molar-refractivity contribution in [3.8, 4) is 22.4 Å². The monoisotopic (exact) mass is 293 g/mol. The van der Waals surface area contributed by atoms with Crippen LogP contribution in [0.25, 0.3) is 22.4 Å². The molecule has 0 aliphatic rings. The molecule has 3 aromatic rings. The summed E-state index contributed by atoms with van der Waals surface area (Å²) in [6.07, 6.45) is 0. The van der Waals surface area contributed by atoms with Gasteiger partial charge in [-0.2, -0.15) is 0 Å². The standard InChI is InChI=1S/C20H20FN/c1-14(2)19-13-18(15-7-5-4-6-8-15)20(22(19)3)16-9-11-17(21)12-10-16/h4-14H,1-3H3. The number of hydrogen-bond donors (Lipinski definition) is 0. The molecular formula is C20H20FN. The van der Waals surface area contributed by atoms with Gasteiger partial charge in [-0.05, 0) is 47.4 Å². The van der Waals surface area contributed by atoms with E-state index in [1.54, 1.807) is 0 Å². The lowest BCUT2D eigenvalue weighted by Crippen LogP contribution is -2.00. The average Bonchev–Trinajstić information content (AvgIpc) is 2.87. The van der Waals surface area contributed by atoms with Gasteiger partial charge in [-0.1, -0.05) is 44.2 Å². The molecular weight excluding hydrogens is 273 g/mol. The van der Waals surface area contributed by atoms with Crippen LogP contribution in [0.15, 0.2) is 60.7 Å². The van der Waals surface area contributed by atoms with Gasteiger partial charge in [-0.15, -0.1) is 0 Å². The summed E-state index contributed by atoms with van der Waals surface area (Å²) < 4.78 is 15.5. The summed E-state index contributed by atoms with van der Waals surface area (Å²) in [6.45, 7) is 4.39. The lowest BCUT2D eigenvalue weighted by molar-refractivity contribution is 0.628. The van der Waals surface area contributed by atoms with Crippen LogP contribution in [0.5, 0.6) is 0 Å². The van der Waals surface area contributed by atoms with Crippen molar-refractivity contribution in [1.29, 1.82) is 0 Å². The van der Waals surface area contributed by atoms with Crippen molar-refractivity contribution in [2.24, 2.45) is 7.05 Å². The first-order valence-corrected chi connectivity index (χ1v) is 7.59. The quantitative estimate of drug-likeness (QED) is 0.590. The molecule has 1 heterocycles. The highest BCUT2D eigenvalue weighted by Crippen LogP contribution is 2.36. The molecule has 0 bridgehead atoms. The zero-order valence-corrected chi connectivity index (χ0v) is 13.2. The third-order valence-electron chi connectivity index (χ3n) is 4.06. The molecule has 2 heteroatoms.